The Hall–Kier alpha value is -8.25. The van der Waals surface area contributed by atoms with E-state index in [0.29, 0.717) is 17.6 Å². The van der Waals surface area contributed by atoms with Gasteiger partial charge in [-0.15, -0.1) is 24.5 Å². The van der Waals surface area contributed by atoms with E-state index in [-0.39, 0.29) is 0 Å². The van der Waals surface area contributed by atoms with Gasteiger partial charge in [0.25, 0.3) is 0 Å². The molecule has 0 bridgehead atoms. The van der Waals surface area contributed by atoms with Gasteiger partial charge < -0.3 is 0 Å². The number of hydrogen-bond acceptors (Lipinski definition) is 4. The summed E-state index contributed by atoms with van der Waals surface area (Å²) in [5.74, 6) is 1.86. The minimum atomic E-state index is 0.584. The average molecular weight is 833 g/mol. The Bertz CT molecular complexity index is 3970. The lowest BCUT2D eigenvalue weighted by Gasteiger charge is -2.13. The molecule has 0 spiro atoms. The predicted octanol–water partition coefficient (Wildman–Crippen LogP) is 16.2. The summed E-state index contributed by atoms with van der Waals surface area (Å²) in [7, 11) is 0. The molecule has 0 saturated heterocycles. The average Bonchev–Trinajstić information content (AvgIpc) is 4.02. The highest BCUT2D eigenvalue weighted by Crippen LogP contribution is 2.52. The number of fused-ring (bicyclic) bond motifs is 12. The first-order chi connectivity index (χ1) is 31.7. The summed E-state index contributed by atoms with van der Waals surface area (Å²) in [6.07, 6.45) is 0. The van der Waals surface area contributed by atoms with E-state index in [1.807, 2.05) is 11.3 Å². The normalized spacial score (nSPS) is 11.9. The van der Waals surface area contributed by atoms with Gasteiger partial charge in [0.1, 0.15) is 0 Å². The number of nitrogens with zero attached hydrogens (tertiary/aromatic N) is 4. The van der Waals surface area contributed by atoms with Crippen LogP contribution in [0.4, 0.5) is 0 Å². The van der Waals surface area contributed by atoms with Crippen molar-refractivity contribution in [3.63, 3.8) is 0 Å². The topological polar surface area (TPSA) is 43.6 Å². The molecule has 10 aromatic carbocycles. The molecule has 0 saturated carbocycles. The zero-order chi connectivity index (χ0) is 42.5. The van der Waals surface area contributed by atoms with Crippen LogP contribution < -0.4 is 0 Å². The fraction of sp³-hybridized carbons (Fsp3) is 0. The third-order valence-electron chi connectivity index (χ3n) is 13.0. The van der Waals surface area contributed by atoms with Crippen LogP contribution in [-0.2, 0) is 0 Å². The number of rotatable bonds is 4. The summed E-state index contributed by atoms with van der Waals surface area (Å²) in [6.45, 7) is 6.00. The summed E-state index contributed by atoms with van der Waals surface area (Å²) < 4.78 is 4.85. The summed E-state index contributed by atoms with van der Waals surface area (Å²) in [5.41, 5.74) is 11.7. The lowest BCUT2D eigenvalue weighted by Crippen LogP contribution is -2.06. The molecule has 0 N–H and O–H groups in total. The van der Waals surface area contributed by atoms with E-state index in [9.17, 15) is 0 Å². The Morgan fingerprint density at radius 1 is 0.344 bits per heavy atom. The Kier molecular flexibility index (Phi) is 8.05. The van der Waals surface area contributed by atoms with Crippen LogP contribution in [0.5, 0.6) is 0 Å². The first-order valence-electron chi connectivity index (χ1n) is 21.5. The molecule has 3 heterocycles. The minimum Gasteiger partial charge on any atom is -0.278 e. The van der Waals surface area contributed by atoms with Gasteiger partial charge in [0.05, 0.1) is 11.0 Å². The van der Waals surface area contributed by atoms with Crippen LogP contribution in [0.1, 0.15) is 0 Å². The van der Waals surface area contributed by atoms with E-state index in [1.54, 1.807) is 0 Å². The molecule has 0 atom stereocenters. The lowest BCUT2D eigenvalue weighted by molar-refractivity contribution is 0.955. The maximum Gasteiger partial charge on any atom is 0.238 e. The maximum absolute atomic E-state index is 5.34. The number of hydrogen-bond donors (Lipinski definition) is 0. The fourth-order valence-corrected chi connectivity index (χ4v) is 11.4. The third kappa shape index (κ3) is 5.31. The quantitative estimate of drug-likeness (QED) is 0.166. The molecule has 0 aliphatic heterocycles. The molecule has 0 fully saturated rings. The third-order valence-corrected chi connectivity index (χ3v) is 14.1. The first kappa shape index (κ1) is 36.4. The largest absolute Gasteiger partial charge is 0.278 e. The monoisotopic (exact) mass is 832 g/mol. The smallest absolute Gasteiger partial charge is 0.238 e. The molecule has 1 aliphatic carbocycles. The summed E-state index contributed by atoms with van der Waals surface area (Å²) in [4.78, 5) is 15.9. The standard InChI is InChI=1S/C57H32N4S.C2H4/c1-3-16-37-33(12-1)14-9-22-43(37)55-58-56(44-23-10-15-34-13-2-4-17-38(34)44)60-57(59-55)61-49-25-8-7-20-41(49)46-30-35(26-28-50(46)61)36-27-29-51-48(31-36)54-45-24-11-21-42-39-18-5-6-19-40(39)47(53(42)45)32-52(54)62-51;1-2/h1-32H;1-2H2. The van der Waals surface area contributed by atoms with Gasteiger partial charge in [-0.2, -0.15) is 9.97 Å². The van der Waals surface area contributed by atoms with Crippen molar-refractivity contribution in [1.29, 1.82) is 0 Å². The number of aromatic nitrogens is 4. The molecule has 14 rings (SSSR count). The molecule has 298 valence electrons. The lowest BCUT2D eigenvalue weighted by atomic mass is 9.96. The van der Waals surface area contributed by atoms with Crippen LogP contribution >= 0.6 is 11.3 Å². The van der Waals surface area contributed by atoms with E-state index in [2.05, 4.69) is 212 Å². The van der Waals surface area contributed by atoms with E-state index >= 15 is 0 Å². The Morgan fingerprint density at radius 2 is 0.859 bits per heavy atom. The van der Waals surface area contributed by atoms with Gasteiger partial charge in [0, 0.05) is 42.1 Å². The van der Waals surface area contributed by atoms with Crippen molar-refractivity contribution in [1.82, 2.24) is 19.5 Å². The van der Waals surface area contributed by atoms with Crippen LogP contribution in [0.2, 0.25) is 0 Å². The molecule has 13 aromatic rings. The van der Waals surface area contributed by atoms with Crippen molar-refractivity contribution < 1.29 is 0 Å². The van der Waals surface area contributed by atoms with Crippen LogP contribution in [-0.4, -0.2) is 19.5 Å². The molecule has 0 amide bonds. The molecule has 0 unspecified atom stereocenters. The van der Waals surface area contributed by atoms with Crippen LogP contribution in [0.3, 0.4) is 0 Å². The summed E-state index contributed by atoms with van der Waals surface area (Å²) >= 11 is 1.89. The Balaban J connectivity index is 0.00000204. The number of para-hydroxylation sites is 1. The van der Waals surface area contributed by atoms with E-state index in [1.165, 1.54) is 64.3 Å². The highest BCUT2D eigenvalue weighted by Gasteiger charge is 2.25. The first-order valence-corrected chi connectivity index (χ1v) is 22.3. The van der Waals surface area contributed by atoms with Crippen molar-refractivity contribution in [3.05, 3.63) is 207 Å². The molecule has 1 aliphatic rings. The van der Waals surface area contributed by atoms with Gasteiger partial charge in [0.15, 0.2) is 11.6 Å². The van der Waals surface area contributed by atoms with Crippen LogP contribution in [0.25, 0.3) is 136 Å². The molecule has 3 aromatic heterocycles. The van der Waals surface area contributed by atoms with Gasteiger partial charge in [-0.25, -0.2) is 4.98 Å². The second-order valence-electron chi connectivity index (χ2n) is 16.3. The molecule has 4 nitrogen and oxygen atoms in total. The van der Waals surface area contributed by atoms with Crippen molar-refractivity contribution in [2.24, 2.45) is 0 Å². The minimum absolute atomic E-state index is 0.584. The molecular weight excluding hydrogens is 797 g/mol. The SMILES string of the molecule is C=C.c1ccc2c(c1)-c1cccc3c1c-2cc1sc2ccc(-c4ccc5c(c4)c4ccccc4n5-c4nc(-c5cccc6ccccc56)nc(-c5cccc6ccccc56)n4)cc2c13. The number of thiophene rings is 1. The van der Waals surface area contributed by atoms with E-state index in [0.717, 1.165) is 54.5 Å². The molecule has 5 heteroatoms. The van der Waals surface area contributed by atoms with Crippen molar-refractivity contribution >= 4 is 85.6 Å². The summed E-state index contributed by atoms with van der Waals surface area (Å²) in [6, 6.07) is 70.1. The number of benzene rings is 10. The van der Waals surface area contributed by atoms with Gasteiger partial charge in [-0.1, -0.05) is 158 Å². The molecule has 64 heavy (non-hydrogen) atoms. The maximum atomic E-state index is 5.34. The van der Waals surface area contributed by atoms with E-state index < -0.39 is 0 Å². The zero-order valence-electron chi connectivity index (χ0n) is 34.6. The molecular formula is C59H36N4S. The highest BCUT2D eigenvalue weighted by molar-refractivity contribution is 7.26. The van der Waals surface area contributed by atoms with E-state index in [4.69, 9.17) is 15.0 Å². The van der Waals surface area contributed by atoms with Crippen molar-refractivity contribution in [3.8, 4) is 62.1 Å². The molecule has 0 radical (unpaired) electrons. The second-order valence-corrected chi connectivity index (χ2v) is 17.4. The highest BCUT2D eigenvalue weighted by atomic mass is 32.1. The Labute approximate surface area is 372 Å². The van der Waals surface area contributed by atoms with Gasteiger partial charge in [-0.05, 0) is 102 Å². The zero-order valence-corrected chi connectivity index (χ0v) is 35.4. The Morgan fingerprint density at radius 3 is 1.58 bits per heavy atom. The van der Waals surface area contributed by atoms with Gasteiger partial charge >= 0.3 is 0 Å². The predicted molar refractivity (Wildman–Crippen MR) is 272 cm³/mol. The fourth-order valence-electron chi connectivity index (χ4n) is 10.2. The van der Waals surface area contributed by atoms with Gasteiger partial charge in [-0.3, -0.25) is 4.57 Å². The van der Waals surface area contributed by atoms with Crippen LogP contribution in [0.15, 0.2) is 207 Å². The van der Waals surface area contributed by atoms with Gasteiger partial charge in [0.2, 0.25) is 5.95 Å². The van der Waals surface area contributed by atoms with Crippen molar-refractivity contribution in [2.45, 2.75) is 0 Å². The summed E-state index contributed by atoms with van der Waals surface area (Å²) in [5, 5.41) is 12.1. The second kappa shape index (κ2) is 14.1. The van der Waals surface area contributed by atoms with Crippen molar-refractivity contribution in [2.75, 3.05) is 0 Å². The van der Waals surface area contributed by atoms with Crippen LogP contribution in [0, 0.1) is 0 Å².